The van der Waals surface area contributed by atoms with E-state index >= 15 is 0 Å². The van der Waals surface area contributed by atoms with Gasteiger partial charge in [0.2, 0.25) is 10.0 Å². The molecular formula is C21H30N4O4S. The Labute approximate surface area is 178 Å². The molecule has 8 nitrogen and oxygen atoms in total. The average molecular weight is 435 g/mol. The Kier molecular flexibility index (Phi) is 8.94. The van der Waals surface area contributed by atoms with Crippen molar-refractivity contribution in [3.8, 4) is 11.5 Å². The van der Waals surface area contributed by atoms with Gasteiger partial charge in [-0.15, -0.1) is 0 Å². The molecule has 164 valence electrons. The molecule has 0 fully saturated rings. The van der Waals surface area contributed by atoms with Crippen LogP contribution in [0.2, 0.25) is 0 Å². The molecule has 0 spiro atoms. The highest BCUT2D eigenvalue weighted by Gasteiger charge is 2.07. The van der Waals surface area contributed by atoms with E-state index in [4.69, 9.17) is 14.6 Å². The van der Waals surface area contributed by atoms with Gasteiger partial charge >= 0.3 is 0 Å². The van der Waals surface area contributed by atoms with Gasteiger partial charge in [-0.1, -0.05) is 18.2 Å². The molecule has 0 aromatic heterocycles. The Hall–Kier alpha value is -2.78. The second-order valence-electron chi connectivity index (χ2n) is 6.57. The fraction of sp³-hybridized carbons (Fsp3) is 0.381. The van der Waals surface area contributed by atoms with Crippen LogP contribution in [0.1, 0.15) is 18.1 Å². The van der Waals surface area contributed by atoms with Gasteiger partial charge in [0.05, 0.1) is 19.1 Å². The zero-order chi connectivity index (χ0) is 22.0. The third-order valence-corrected chi connectivity index (χ3v) is 5.35. The minimum atomic E-state index is -3.66. The van der Waals surface area contributed by atoms with Gasteiger partial charge in [-0.05, 0) is 55.2 Å². The first kappa shape index (κ1) is 23.5. The third-order valence-electron chi connectivity index (χ3n) is 4.42. The summed E-state index contributed by atoms with van der Waals surface area (Å²) in [7, 11) is -0.424. The topological polar surface area (TPSA) is 115 Å². The Balaban J connectivity index is 1.88. The molecule has 30 heavy (non-hydrogen) atoms. The quantitative estimate of drug-likeness (QED) is 0.387. The molecule has 2 rings (SSSR count). The van der Waals surface area contributed by atoms with Crippen LogP contribution in [0.4, 0.5) is 0 Å². The average Bonchev–Trinajstić information content (AvgIpc) is 2.73. The molecule has 0 radical (unpaired) electrons. The SMILES string of the molecule is CCNC(=NCCc1ccc(S(N)(=O)=O)cc1)NCCc1ccc(OC)c(OC)c1. The van der Waals surface area contributed by atoms with Gasteiger partial charge in [0, 0.05) is 19.6 Å². The summed E-state index contributed by atoms with van der Waals surface area (Å²) in [6.45, 7) is 4.05. The van der Waals surface area contributed by atoms with Gasteiger partial charge in [0.1, 0.15) is 0 Å². The van der Waals surface area contributed by atoms with Crippen LogP contribution in [0.5, 0.6) is 11.5 Å². The molecule has 0 aliphatic carbocycles. The number of guanidine groups is 1. The molecule has 0 atom stereocenters. The highest BCUT2D eigenvalue weighted by Crippen LogP contribution is 2.27. The first-order valence-corrected chi connectivity index (χ1v) is 11.3. The lowest BCUT2D eigenvalue weighted by Crippen LogP contribution is -2.38. The standard InChI is InChI=1S/C21H30N4O4S/c1-4-23-21(24-13-11-16-5-8-18(9-6-16)30(22,26)27)25-14-12-17-7-10-19(28-2)20(15-17)29-3/h5-10,15H,4,11-14H2,1-3H3,(H2,22,26,27)(H2,23,24,25). The maximum atomic E-state index is 11.3. The lowest BCUT2D eigenvalue weighted by atomic mass is 10.1. The smallest absolute Gasteiger partial charge is 0.238 e. The van der Waals surface area contributed by atoms with Crippen LogP contribution in [0.3, 0.4) is 0 Å². The van der Waals surface area contributed by atoms with E-state index in [1.165, 1.54) is 12.1 Å². The molecular weight excluding hydrogens is 404 g/mol. The number of primary sulfonamides is 1. The lowest BCUT2D eigenvalue weighted by Gasteiger charge is -2.13. The molecule has 0 unspecified atom stereocenters. The number of sulfonamides is 1. The number of nitrogens with two attached hydrogens (primary N) is 1. The van der Waals surface area contributed by atoms with Gasteiger partial charge in [-0.2, -0.15) is 0 Å². The summed E-state index contributed by atoms with van der Waals surface area (Å²) in [6.07, 6.45) is 1.50. The zero-order valence-corrected chi connectivity index (χ0v) is 18.5. The molecule has 4 N–H and O–H groups in total. The van der Waals surface area contributed by atoms with Crippen LogP contribution in [0.15, 0.2) is 52.4 Å². The van der Waals surface area contributed by atoms with E-state index < -0.39 is 10.0 Å². The van der Waals surface area contributed by atoms with Crippen molar-refractivity contribution >= 4 is 16.0 Å². The summed E-state index contributed by atoms with van der Waals surface area (Å²) in [5, 5.41) is 11.7. The summed E-state index contributed by atoms with van der Waals surface area (Å²) >= 11 is 0. The van der Waals surface area contributed by atoms with Gasteiger partial charge in [0.15, 0.2) is 17.5 Å². The number of ether oxygens (including phenoxy) is 2. The Morgan fingerprint density at radius 3 is 2.23 bits per heavy atom. The largest absolute Gasteiger partial charge is 0.493 e. The number of hydrogen-bond acceptors (Lipinski definition) is 5. The molecule has 2 aromatic carbocycles. The summed E-state index contributed by atoms with van der Waals surface area (Å²) < 4.78 is 33.2. The van der Waals surface area contributed by atoms with E-state index in [1.807, 2.05) is 25.1 Å². The van der Waals surface area contributed by atoms with Crippen LogP contribution >= 0.6 is 0 Å². The number of aliphatic imine (C=N–C) groups is 1. The molecule has 0 saturated heterocycles. The Morgan fingerprint density at radius 2 is 1.63 bits per heavy atom. The third kappa shape index (κ3) is 7.23. The molecule has 0 aliphatic heterocycles. The van der Waals surface area contributed by atoms with E-state index in [9.17, 15) is 8.42 Å². The van der Waals surface area contributed by atoms with Crippen LogP contribution < -0.4 is 25.2 Å². The minimum absolute atomic E-state index is 0.111. The van der Waals surface area contributed by atoms with Crippen molar-refractivity contribution in [2.24, 2.45) is 10.1 Å². The monoisotopic (exact) mass is 434 g/mol. The Bertz CT molecular complexity index is 944. The zero-order valence-electron chi connectivity index (χ0n) is 17.6. The fourth-order valence-electron chi connectivity index (χ4n) is 2.85. The number of hydrogen-bond donors (Lipinski definition) is 3. The van der Waals surface area contributed by atoms with Crippen molar-refractivity contribution in [3.63, 3.8) is 0 Å². The van der Waals surface area contributed by atoms with Gasteiger partial charge in [-0.25, -0.2) is 13.6 Å². The number of methoxy groups -OCH3 is 2. The maximum Gasteiger partial charge on any atom is 0.238 e. The molecule has 0 aliphatic rings. The lowest BCUT2D eigenvalue weighted by molar-refractivity contribution is 0.354. The van der Waals surface area contributed by atoms with Crippen LogP contribution in [0, 0.1) is 0 Å². The minimum Gasteiger partial charge on any atom is -0.493 e. The Morgan fingerprint density at radius 1 is 0.967 bits per heavy atom. The molecule has 2 aromatic rings. The number of nitrogens with one attached hydrogen (secondary N) is 2. The van der Waals surface area contributed by atoms with E-state index in [1.54, 1.807) is 26.4 Å². The van der Waals surface area contributed by atoms with Crippen molar-refractivity contribution < 1.29 is 17.9 Å². The summed E-state index contributed by atoms with van der Waals surface area (Å²) in [6, 6.07) is 12.4. The number of nitrogens with zero attached hydrogens (tertiary/aromatic N) is 1. The maximum absolute atomic E-state index is 11.3. The van der Waals surface area contributed by atoms with Crippen LogP contribution in [-0.2, 0) is 22.9 Å². The predicted molar refractivity (Wildman–Crippen MR) is 119 cm³/mol. The van der Waals surface area contributed by atoms with Crippen molar-refractivity contribution in [1.82, 2.24) is 10.6 Å². The number of benzene rings is 2. The van der Waals surface area contributed by atoms with Crippen molar-refractivity contribution in [2.45, 2.75) is 24.7 Å². The molecule has 0 amide bonds. The molecule has 9 heteroatoms. The van der Waals surface area contributed by atoms with Crippen molar-refractivity contribution in [2.75, 3.05) is 33.9 Å². The number of rotatable bonds is 10. The van der Waals surface area contributed by atoms with Gasteiger partial charge < -0.3 is 20.1 Å². The van der Waals surface area contributed by atoms with Gasteiger partial charge in [-0.3, -0.25) is 4.99 Å². The van der Waals surface area contributed by atoms with Crippen LogP contribution in [-0.4, -0.2) is 48.2 Å². The molecule has 0 heterocycles. The fourth-order valence-corrected chi connectivity index (χ4v) is 3.36. The summed E-state index contributed by atoms with van der Waals surface area (Å²) in [5.74, 6) is 2.16. The van der Waals surface area contributed by atoms with Gasteiger partial charge in [0.25, 0.3) is 0 Å². The summed E-state index contributed by atoms with van der Waals surface area (Å²) in [4.78, 5) is 4.69. The van der Waals surface area contributed by atoms with E-state index in [-0.39, 0.29) is 4.90 Å². The predicted octanol–water partition coefficient (Wildman–Crippen LogP) is 1.69. The first-order chi connectivity index (χ1) is 14.4. The second-order valence-corrected chi connectivity index (χ2v) is 8.13. The second kappa shape index (κ2) is 11.4. The van der Waals surface area contributed by atoms with E-state index in [0.717, 1.165) is 30.1 Å². The molecule has 0 saturated carbocycles. The normalized spacial score (nSPS) is 11.8. The van der Waals surface area contributed by atoms with Crippen molar-refractivity contribution in [3.05, 3.63) is 53.6 Å². The molecule has 0 bridgehead atoms. The van der Waals surface area contributed by atoms with Crippen molar-refractivity contribution in [1.29, 1.82) is 0 Å². The summed E-state index contributed by atoms with van der Waals surface area (Å²) in [5.41, 5.74) is 2.12. The van der Waals surface area contributed by atoms with Crippen LogP contribution in [0.25, 0.3) is 0 Å². The van der Waals surface area contributed by atoms with E-state index in [0.29, 0.717) is 31.0 Å². The highest BCUT2D eigenvalue weighted by molar-refractivity contribution is 7.89. The van der Waals surface area contributed by atoms with E-state index in [2.05, 4.69) is 15.6 Å². The highest BCUT2D eigenvalue weighted by atomic mass is 32.2. The first-order valence-electron chi connectivity index (χ1n) is 9.72.